The first kappa shape index (κ1) is 18.5. The Morgan fingerprint density at radius 1 is 1.19 bits per heavy atom. The Bertz CT molecular complexity index is 859. The van der Waals surface area contributed by atoms with Crippen LogP contribution in [0.25, 0.3) is 5.57 Å². The van der Waals surface area contributed by atoms with Crippen LogP contribution < -0.4 is 11.1 Å². The van der Waals surface area contributed by atoms with E-state index in [-0.39, 0.29) is 12.0 Å². The minimum Gasteiger partial charge on any atom is -0.468 e. The second-order valence-corrected chi connectivity index (χ2v) is 7.07. The Balaban J connectivity index is 2.12. The molecule has 3 N–H and O–H groups in total. The van der Waals surface area contributed by atoms with Crippen molar-refractivity contribution in [3.05, 3.63) is 69.8 Å². The Morgan fingerprint density at radius 3 is 2.54 bits per heavy atom. The van der Waals surface area contributed by atoms with Crippen LogP contribution in [0.3, 0.4) is 0 Å². The van der Waals surface area contributed by atoms with Crippen LogP contribution >= 0.6 is 11.6 Å². The molecule has 0 amide bonds. The third kappa shape index (κ3) is 3.48. The van der Waals surface area contributed by atoms with Gasteiger partial charge in [-0.15, -0.1) is 0 Å². The highest BCUT2D eigenvalue weighted by Gasteiger charge is 2.33. The lowest BCUT2D eigenvalue weighted by atomic mass is 9.83. The highest BCUT2D eigenvalue weighted by atomic mass is 35.5. The molecule has 1 heterocycles. The van der Waals surface area contributed by atoms with Gasteiger partial charge in [0.05, 0.1) is 13.2 Å². The lowest BCUT2D eigenvalue weighted by Gasteiger charge is -2.34. The minimum atomic E-state index is -0.431. The fourth-order valence-corrected chi connectivity index (χ4v) is 3.61. The van der Waals surface area contributed by atoms with E-state index in [0.29, 0.717) is 11.4 Å². The number of hydrogen-bond acceptors (Lipinski definition) is 4. The number of benzene rings is 2. The number of nitrogens with one attached hydrogen (secondary N) is 1. The van der Waals surface area contributed by atoms with Crippen molar-refractivity contribution in [2.45, 2.75) is 32.4 Å². The smallest absolute Gasteiger partial charge is 0.323 e. The highest BCUT2D eigenvalue weighted by molar-refractivity contribution is 6.30. The number of aryl methyl sites for hydroxylation is 1. The zero-order valence-electron chi connectivity index (χ0n) is 15.2. The number of halogens is 1. The molecular formula is C21H23ClN2O2. The molecule has 3 rings (SSSR count). The summed E-state index contributed by atoms with van der Waals surface area (Å²) in [4.78, 5) is 12.3. The first-order chi connectivity index (χ1) is 12.4. The maximum atomic E-state index is 12.3. The van der Waals surface area contributed by atoms with Crippen LogP contribution in [0.1, 0.15) is 36.1 Å². The van der Waals surface area contributed by atoms with Crippen molar-refractivity contribution in [2.75, 3.05) is 12.8 Å². The second kappa shape index (κ2) is 7.52. The van der Waals surface area contributed by atoms with Crippen LogP contribution in [0.2, 0.25) is 5.02 Å². The lowest BCUT2D eigenvalue weighted by Crippen LogP contribution is -2.43. The van der Waals surface area contributed by atoms with Crippen molar-refractivity contribution in [2.24, 2.45) is 0 Å². The standard InChI is InChI=1S/C21H23ClN2O2/c1-12-5-4-6-16(19(12)23)17-11-18(21(25)26-3)24-20(13(17)2)14-7-9-15(22)10-8-14/h4-10,18,20,24H,11,23H2,1-3H3. The summed E-state index contributed by atoms with van der Waals surface area (Å²) in [5.41, 5.74) is 12.4. The number of ether oxygens (including phenoxy) is 1. The average Bonchev–Trinajstić information content (AvgIpc) is 2.64. The molecule has 0 aliphatic carbocycles. The number of hydrogen-bond donors (Lipinski definition) is 2. The molecule has 26 heavy (non-hydrogen) atoms. The summed E-state index contributed by atoms with van der Waals surface area (Å²) in [7, 11) is 1.41. The van der Waals surface area contributed by atoms with Crippen molar-refractivity contribution in [1.29, 1.82) is 0 Å². The highest BCUT2D eigenvalue weighted by Crippen LogP contribution is 2.39. The predicted octanol–water partition coefficient (Wildman–Crippen LogP) is 4.28. The normalized spacial score (nSPS) is 20.2. The number of para-hydroxylation sites is 1. The van der Waals surface area contributed by atoms with Crippen LogP contribution in [0, 0.1) is 6.92 Å². The first-order valence-electron chi connectivity index (χ1n) is 8.56. The molecule has 0 spiro atoms. The van der Waals surface area contributed by atoms with E-state index < -0.39 is 6.04 Å². The molecule has 0 bridgehead atoms. The maximum Gasteiger partial charge on any atom is 0.323 e. The molecule has 0 radical (unpaired) electrons. The summed E-state index contributed by atoms with van der Waals surface area (Å²) in [5.74, 6) is -0.278. The zero-order valence-corrected chi connectivity index (χ0v) is 15.9. The first-order valence-corrected chi connectivity index (χ1v) is 8.94. The Hall–Kier alpha value is -2.30. The Morgan fingerprint density at radius 2 is 1.88 bits per heavy atom. The Kier molecular flexibility index (Phi) is 5.35. The fraction of sp³-hybridized carbons (Fsp3) is 0.286. The van der Waals surface area contributed by atoms with E-state index in [1.807, 2.05) is 49.4 Å². The van der Waals surface area contributed by atoms with Gasteiger partial charge in [-0.05, 0) is 54.7 Å². The van der Waals surface area contributed by atoms with Gasteiger partial charge < -0.3 is 10.5 Å². The zero-order chi connectivity index (χ0) is 18.8. The van der Waals surface area contributed by atoms with Crippen LogP contribution in [0.5, 0.6) is 0 Å². The van der Waals surface area contributed by atoms with E-state index in [2.05, 4.69) is 12.2 Å². The van der Waals surface area contributed by atoms with Gasteiger partial charge in [-0.1, -0.05) is 41.9 Å². The molecular weight excluding hydrogens is 348 g/mol. The number of nitrogens with two attached hydrogens (primary N) is 1. The monoisotopic (exact) mass is 370 g/mol. The quantitative estimate of drug-likeness (QED) is 0.625. The van der Waals surface area contributed by atoms with Crippen LogP contribution in [-0.4, -0.2) is 19.1 Å². The lowest BCUT2D eigenvalue weighted by molar-refractivity contribution is -0.143. The van der Waals surface area contributed by atoms with Crippen molar-refractivity contribution in [3.63, 3.8) is 0 Å². The number of nitrogen functional groups attached to an aromatic ring is 1. The molecule has 2 aromatic rings. The summed E-state index contributed by atoms with van der Waals surface area (Å²) in [6, 6.07) is 13.1. The SMILES string of the molecule is COC(=O)C1CC(c2cccc(C)c2N)=C(C)C(c2ccc(Cl)cc2)N1. The summed E-state index contributed by atoms with van der Waals surface area (Å²) in [5, 5.41) is 4.09. The molecule has 0 saturated carbocycles. The van der Waals surface area contributed by atoms with Crippen LogP contribution in [0.4, 0.5) is 5.69 Å². The maximum absolute atomic E-state index is 12.3. The molecule has 2 unspecified atom stereocenters. The van der Waals surface area contributed by atoms with E-state index >= 15 is 0 Å². The van der Waals surface area contributed by atoms with E-state index in [1.54, 1.807) is 0 Å². The number of anilines is 1. The van der Waals surface area contributed by atoms with Gasteiger partial charge in [0.1, 0.15) is 6.04 Å². The van der Waals surface area contributed by atoms with Gasteiger partial charge in [0.2, 0.25) is 0 Å². The molecule has 5 heteroatoms. The summed E-state index contributed by atoms with van der Waals surface area (Å²) in [6.07, 6.45) is 0.538. The van der Waals surface area contributed by atoms with Crippen LogP contribution in [0.15, 0.2) is 48.0 Å². The van der Waals surface area contributed by atoms with E-state index in [1.165, 1.54) is 7.11 Å². The third-order valence-electron chi connectivity index (χ3n) is 5.02. The van der Waals surface area contributed by atoms with E-state index in [9.17, 15) is 4.79 Å². The molecule has 4 nitrogen and oxygen atoms in total. The van der Waals surface area contributed by atoms with Crippen molar-refractivity contribution in [3.8, 4) is 0 Å². The topological polar surface area (TPSA) is 64.3 Å². The number of rotatable bonds is 3. The van der Waals surface area contributed by atoms with Crippen LogP contribution in [-0.2, 0) is 9.53 Å². The van der Waals surface area contributed by atoms with Gasteiger partial charge in [0, 0.05) is 16.3 Å². The van der Waals surface area contributed by atoms with Gasteiger partial charge in [0.25, 0.3) is 0 Å². The van der Waals surface area contributed by atoms with Gasteiger partial charge in [-0.25, -0.2) is 0 Å². The Labute approximate surface area is 159 Å². The second-order valence-electron chi connectivity index (χ2n) is 6.63. The van der Waals surface area contributed by atoms with Crippen molar-refractivity contribution >= 4 is 28.8 Å². The number of esters is 1. The minimum absolute atomic E-state index is 0.111. The van der Waals surface area contributed by atoms with Crippen molar-refractivity contribution < 1.29 is 9.53 Å². The van der Waals surface area contributed by atoms with E-state index in [0.717, 1.165) is 33.5 Å². The molecule has 0 saturated heterocycles. The number of carbonyl (C=O) groups is 1. The predicted molar refractivity (Wildman–Crippen MR) is 106 cm³/mol. The number of methoxy groups -OCH3 is 1. The fourth-order valence-electron chi connectivity index (χ4n) is 3.49. The molecule has 136 valence electrons. The summed E-state index contributed by atoms with van der Waals surface area (Å²) >= 11 is 6.03. The van der Waals surface area contributed by atoms with Gasteiger partial charge in [0.15, 0.2) is 0 Å². The summed E-state index contributed by atoms with van der Waals surface area (Å²) < 4.78 is 4.99. The molecule has 2 atom stereocenters. The molecule has 1 aliphatic rings. The third-order valence-corrected chi connectivity index (χ3v) is 5.28. The van der Waals surface area contributed by atoms with Gasteiger partial charge in [-0.3, -0.25) is 10.1 Å². The molecule has 0 fully saturated rings. The average molecular weight is 371 g/mol. The molecule has 0 aromatic heterocycles. The largest absolute Gasteiger partial charge is 0.468 e. The van der Waals surface area contributed by atoms with E-state index in [4.69, 9.17) is 22.1 Å². The summed E-state index contributed by atoms with van der Waals surface area (Å²) in [6.45, 7) is 4.07. The van der Waals surface area contributed by atoms with Gasteiger partial charge in [-0.2, -0.15) is 0 Å². The van der Waals surface area contributed by atoms with Crippen molar-refractivity contribution in [1.82, 2.24) is 5.32 Å². The number of carbonyl (C=O) groups excluding carboxylic acids is 1. The van der Waals surface area contributed by atoms with Gasteiger partial charge >= 0.3 is 5.97 Å². The molecule has 2 aromatic carbocycles. The molecule has 1 aliphatic heterocycles.